The summed E-state index contributed by atoms with van der Waals surface area (Å²) >= 11 is -3.29. The minimum atomic E-state index is -3.29. The molecule has 0 spiro atoms. The molecule has 29 heavy (non-hydrogen) atoms. The fraction of sp³-hybridized carbons (Fsp3) is 0.417. The Morgan fingerprint density at radius 3 is 1.72 bits per heavy atom. The van der Waals surface area contributed by atoms with Gasteiger partial charge in [-0.3, -0.25) is 0 Å². The molecule has 0 bridgehead atoms. The summed E-state index contributed by atoms with van der Waals surface area (Å²) in [6.45, 7) is 16.1. The number of halogens is 4. The molecule has 0 N–H and O–H groups in total. The van der Waals surface area contributed by atoms with Crippen LogP contribution in [0.15, 0.2) is 42.0 Å². The van der Waals surface area contributed by atoms with Crippen molar-refractivity contribution in [2.45, 2.75) is 65.7 Å². The zero-order valence-corrected chi connectivity index (χ0v) is 23.7. The van der Waals surface area contributed by atoms with Gasteiger partial charge in [0.2, 0.25) is 0 Å². The van der Waals surface area contributed by atoms with Crippen LogP contribution >= 0.6 is 34.1 Å². The van der Waals surface area contributed by atoms with Crippen molar-refractivity contribution in [3.63, 3.8) is 0 Å². The summed E-state index contributed by atoms with van der Waals surface area (Å²) in [4.78, 5) is 0. The average molecular weight is 552 g/mol. The molecule has 0 aliphatic heterocycles. The van der Waals surface area contributed by atoms with Crippen LogP contribution in [0.3, 0.4) is 0 Å². The zero-order valence-electron chi connectivity index (χ0n) is 18.3. The van der Waals surface area contributed by atoms with Gasteiger partial charge in [-0.1, -0.05) is 89.6 Å². The van der Waals surface area contributed by atoms with E-state index in [1.54, 1.807) is 0 Å². The van der Waals surface area contributed by atoms with Crippen LogP contribution in [0.5, 0.6) is 0 Å². The quantitative estimate of drug-likeness (QED) is 0.331. The standard InChI is InChI=1S/C24H30.4ClH.Zr/c1-16-11-17-9-8-10-21(22(17)12-16)18-13-19(23(2,3)4)15-20(14-18)24(5,6)7;;;;;/h8-10,12-15H,11H2,1-7H3;4*1H;/q;;;;;+4/p-4. The van der Waals surface area contributed by atoms with E-state index < -0.39 is 15.5 Å². The Morgan fingerprint density at radius 2 is 1.28 bits per heavy atom. The third kappa shape index (κ3) is 7.69. The Kier molecular flexibility index (Phi) is 8.24. The molecule has 0 nitrogen and oxygen atoms in total. The molecule has 1 aliphatic rings. The normalized spacial score (nSPS) is 14.1. The predicted octanol–water partition coefficient (Wildman–Crippen LogP) is 9.66. The molecule has 2 aromatic rings. The third-order valence-corrected chi connectivity index (χ3v) is 5.03. The van der Waals surface area contributed by atoms with Gasteiger partial charge >= 0.3 is 49.5 Å². The number of hydrogen-bond donors (Lipinski definition) is 0. The monoisotopic (exact) mass is 548 g/mol. The van der Waals surface area contributed by atoms with Gasteiger partial charge in [0.1, 0.15) is 0 Å². The molecule has 1 aliphatic carbocycles. The number of rotatable bonds is 1. The van der Waals surface area contributed by atoms with Gasteiger partial charge in [-0.25, -0.2) is 0 Å². The molecular weight excluding hydrogens is 521 g/mol. The maximum absolute atomic E-state index is 5.04. The molecular formula is C24H30Cl4Zr. The van der Waals surface area contributed by atoms with E-state index >= 15 is 0 Å². The van der Waals surface area contributed by atoms with Crippen LogP contribution in [0.2, 0.25) is 0 Å². The number of hydrogen-bond acceptors (Lipinski definition) is 0. The third-order valence-electron chi connectivity index (χ3n) is 5.03. The van der Waals surface area contributed by atoms with Crippen LogP contribution in [0.4, 0.5) is 0 Å². The summed E-state index contributed by atoms with van der Waals surface area (Å²) in [6, 6.07) is 13.9. The van der Waals surface area contributed by atoms with Crippen LogP contribution in [0.25, 0.3) is 17.2 Å². The van der Waals surface area contributed by atoms with E-state index in [-0.39, 0.29) is 10.8 Å². The van der Waals surface area contributed by atoms with E-state index in [0.29, 0.717) is 0 Å². The van der Waals surface area contributed by atoms with E-state index in [0.717, 1.165) is 6.42 Å². The number of fused-ring (bicyclic) bond motifs is 1. The van der Waals surface area contributed by atoms with Gasteiger partial charge in [-0.15, -0.1) is 0 Å². The summed E-state index contributed by atoms with van der Waals surface area (Å²) in [7, 11) is 20.1. The molecule has 0 heterocycles. The Bertz CT molecular complexity index is 872. The first kappa shape index (κ1) is 25.5. The molecule has 0 saturated carbocycles. The van der Waals surface area contributed by atoms with Gasteiger partial charge in [0.15, 0.2) is 0 Å². The maximum atomic E-state index is 5.04. The summed E-state index contributed by atoms with van der Waals surface area (Å²) < 4.78 is 0. The van der Waals surface area contributed by atoms with E-state index in [1.165, 1.54) is 39.0 Å². The Hall–Kier alpha value is 0.223. The van der Waals surface area contributed by atoms with Gasteiger partial charge in [-0.05, 0) is 57.6 Å². The molecule has 0 saturated heterocycles. The van der Waals surface area contributed by atoms with Gasteiger partial charge in [0.05, 0.1) is 0 Å². The Labute approximate surface area is 195 Å². The second-order valence-corrected chi connectivity index (χ2v) is 32.2. The van der Waals surface area contributed by atoms with Gasteiger partial charge in [0.25, 0.3) is 0 Å². The molecule has 0 atom stereocenters. The summed E-state index contributed by atoms with van der Waals surface area (Å²) in [6.07, 6.45) is 3.46. The van der Waals surface area contributed by atoms with Crippen molar-refractivity contribution in [1.82, 2.24) is 0 Å². The molecule has 5 heteroatoms. The SMILES string of the molecule is CC1=Cc2c(cccc2-c2cc(C(C)(C)C)cc(C(C)(C)C)c2)C1.[Cl][Zr]([Cl])([Cl])[Cl]. The van der Waals surface area contributed by atoms with E-state index in [9.17, 15) is 0 Å². The van der Waals surface area contributed by atoms with E-state index in [1.807, 2.05) is 0 Å². The molecule has 2 aromatic carbocycles. The van der Waals surface area contributed by atoms with Crippen LogP contribution in [0.1, 0.15) is 70.7 Å². The van der Waals surface area contributed by atoms with Crippen molar-refractivity contribution in [2.75, 3.05) is 0 Å². The van der Waals surface area contributed by atoms with E-state index in [4.69, 9.17) is 34.1 Å². The van der Waals surface area contributed by atoms with Crippen molar-refractivity contribution < 1.29 is 15.5 Å². The van der Waals surface area contributed by atoms with E-state index in [2.05, 4.69) is 90.9 Å². The van der Waals surface area contributed by atoms with Crippen LogP contribution < -0.4 is 0 Å². The molecule has 0 aromatic heterocycles. The predicted molar refractivity (Wildman–Crippen MR) is 130 cm³/mol. The fourth-order valence-electron chi connectivity index (χ4n) is 3.44. The van der Waals surface area contributed by atoms with Gasteiger partial charge in [0, 0.05) is 0 Å². The number of allylic oxidation sites excluding steroid dienone is 1. The van der Waals surface area contributed by atoms with Crippen molar-refractivity contribution in [1.29, 1.82) is 0 Å². The van der Waals surface area contributed by atoms with Crippen LogP contribution in [-0.4, -0.2) is 0 Å². The van der Waals surface area contributed by atoms with Crippen LogP contribution in [0, 0.1) is 0 Å². The summed E-state index contributed by atoms with van der Waals surface area (Å²) in [5.41, 5.74) is 10.2. The second-order valence-electron chi connectivity index (χ2n) is 9.77. The first-order chi connectivity index (χ1) is 13.1. The average Bonchev–Trinajstić information content (AvgIpc) is 2.91. The molecule has 158 valence electrons. The van der Waals surface area contributed by atoms with Crippen molar-refractivity contribution >= 4 is 40.1 Å². The van der Waals surface area contributed by atoms with Gasteiger partial charge in [-0.2, -0.15) is 0 Å². The Morgan fingerprint density at radius 1 is 0.793 bits per heavy atom. The van der Waals surface area contributed by atoms with Crippen molar-refractivity contribution in [3.05, 3.63) is 64.2 Å². The molecule has 0 amide bonds. The molecule has 3 rings (SSSR count). The number of benzene rings is 2. The minimum absolute atomic E-state index is 0.152. The first-order valence-electron chi connectivity index (χ1n) is 9.77. The molecule has 0 fully saturated rings. The Balaban J connectivity index is 0.000000537. The zero-order chi connectivity index (χ0) is 22.2. The first-order valence-corrected chi connectivity index (χ1v) is 22.4. The van der Waals surface area contributed by atoms with Gasteiger partial charge < -0.3 is 0 Å². The molecule has 0 radical (unpaired) electrons. The fourth-order valence-corrected chi connectivity index (χ4v) is 3.44. The molecule has 0 unspecified atom stereocenters. The topological polar surface area (TPSA) is 0 Å². The summed E-state index contributed by atoms with van der Waals surface area (Å²) in [5.74, 6) is 0. The second kappa shape index (κ2) is 9.38. The van der Waals surface area contributed by atoms with Crippen molar-refractivity contribution in [2.24, 2.45) is 0 Å². The summed E-state index contributed by atoms with van der Waals surface area (Å²) in [5, 5.41) is 0. The van der Waals surface area contributed by atoms with Crippen molar-refractivity contribution in [3.8, 4) is 11.1 Å². The van der Waals surface area contributed by atoms with Crippen LogP contribution in [-0.2, 0) is 32.7 Å².